The van der Waals surface area contributed by atoms with Crippen molar-refractivity contribution < 1.29 is 4.42 Å². The highest BCUT2D eigenvalue weighted by molar-refractivity contribution is 7.99. The van der Waals surface area contributed by atoms with E-state index in [4.69, 9.17) is 4.42 Å². The van der Waals surface area contributed by atoms with E-state index in [0.717, 1.165) is 31.5 Å². The third-order valence-corrected chi connectivity index (χ3v) is 6.39. The fourth-order valence-electron chi connectivity index (χ4n) is 2.98. The summed E-state index contributed by atoms with van der Waals surface area (Å²) in [4.78, 5) is 9.96. The molecule has 0 radical (unpaired) electrons. The zero-order valence-electron chi connectivity index (χ0n) is 15.2. The maximum atomic E-state index is 5.45. The molecule has 0 saturated carbocycles. The maximum absolute atomic E-state index is 5.45. The predicted octanol–water partition coefficient (Wildman–Crippen LogP) is 5.21. The van der Waals surface area contributed by atoms with Gasteiger partial charge in [-0.25, -0.2) is 9.97 Å². The second-order valence-electron chi connectivity index (χ2n) is 6.32. The van der Waals surface area contributed by atoms with Gasteiger partial charge in [-0.05, 0) is 36.4 Å². The van der Waals surface area contributed by atoms with Crippen LogP contribution in [0.25, 0.3) is 32.9 Å². The Morgan fingerprint density at radius 3 is 2.71 bits per heavy atom. The number of rotatable bonds is 4. The topological polar surface area (TPSA) is 69.6 Å². The Kier molecular flexibility index (Phi) is 4.22. The van der Waals surface area contributed by atoms with Crippen LogP contribution in [0.5, 0.6) is 0 Å². The summed E-state index contributed by atoms with van der Waals surface area (Å²) in [5.74, 6) is 1.37. The maximum Gasteiger partial charge on any atom is 0.200 e. The molecule has 4 heterocycles. The van der Waals surface area contributed by atoms with Crippen molar-refractivity contribution in [3.05, 3.63) is 59.9 Å². The molecule has 4 aromatic heterocycles. The summed E-state index contributed by atoms with van der Waals surface area (Å²) in [7, 11) is 1.92. The Labute approximate surface area is 169 Å². The number of hydrogen-bond acceptors (Lipinski definition) is 7. The molecule has 8 heteroatoms. The SMILES string of the molecule is Cc1ccc(-c2csc3ncnc(Sc4nnc(-c5ccco5)n4C)c23)cc1. The second-order valence-corrected chi connectivity index (χ2v) is 8.13. The molecule has 5 aromatic rings. The summed E-state index contributed by atoms with van der Waals surface area (Å²) in [6.45, 7) is 2.09. The van der Waals surface area contributed by atoms with Crippen LogP contribution < -0.4 is 0 Å². The predicted molar refractivity (Wildman–Crippen MR) is 110 cm³/mol. The number of thiophene rings is 1. The zero-order valence-corrected chi connectivity index (χ0v) is 16.8. The van der Waals surface area contributed by atoms with E-state index in [-0.39, 0.29) is 0 Å². The molecule has 0 N–H and O–H groups in total. The molecular weight excluding hydrogens is 390 g/mol. The summed E-state index contributed by atoms with van der Waals surface area (Å²) in [6, 6.07) is 12.2. The van der Waals surface area contributed by atoms with Crippen molar-refractivity contribution >= 4 is 33.3 Å². The molecule has 1 aromatic carbocycles. The van der Waals surface area contributed by atoms with Gasteiger partial charge in [0.05, 0.1) is 11.6 Å². The van der Waals surface area contributed by atoms with Gasteiger partial charge in [0.2, 0.25) is 0 Å². The van der Waals surface area contributed by atoms with Gasteiger partial charge in [0.25, 0.3) is 0 Å². The molecule has 0 spiro atoms. The van der Waals surface area contributed by atoms with Crippen molar-refractivity contribution in [3.63, 3.8) is 0 Å². The average Bonchev–Trinajstić information content (AvgIpc) is 3.44. The molecule has 0 aliphatic carbocycles. The molecular formula is C20H15N5OS2. The van der Waals surface area contributed by atoms with Crippen molar-refractivity contribution in [2.24, 2.45) is 7.05 Å². The largest absolute Gasteiger partial charge is 0.461 e. The molecule has 0 atom stereocenters. The molecule has 0 unspecified atom stereocenters. The quantitative estimate of drug-likeness (QED) is 0.383. The summed E-state index contributed by atoms with van der Waals surface area (Å²) in [5, 5.41) is 13.4. The number of hydrogen-bond donors (Lipinski definition) is 0. The molecule has 138 valence electrons. The van der Waals surface area contributed by atoms with Crippen LogP contribution in [0.1, 0.15) is 5.56 Å². The zero-order chi connectivity index (χ0) is 19.1. The standard InChI is InChI=1S/C20H15N5OS2/c1-12-5-7-13(8-6-12)14-10-27-18-16(14)19(22-11-21-18)28-20-24-23-17(25(20)2)15-4-3-9-26-15/h3-11H,1-2H3. The normalized spacial score (nSPS) is 11.4. The fraction of sp³-hybridized carbons (Fsp3) is 0.100. The van der Waals surface area contributed by atoms with Crippen LogP contribution in [0, 0.1) is 6.92 Å². The van der Waals surface area contributed by atoms with Gasteiger partial charge in [-0.1, -0.05) is 29.8 Å². The first-order valence-corrected chi connectivity index (χ1v) is 10.3. The second kappa shape index (κ2) is 6.88. The first-order valence-electron chi connectivity index (χ1n) is 8.61. The summed E-state index contributed by atoms with van der Waals surface area (Å²) in [6.07, 6.45) is 3.23. The highest BCUT2D eigenvalue weighted by atomic mass is 32.2. The van der Waals surface area contributed by atoms with Crippen molar-refractivity contribution in [3.8, 4) is 22.7 Å². The van der Waals surface area contributed by atoms with Crippen LogP contribution in [-0.4, -0.2) is 24.7 Å². The van der Waals surface area contributed by atoms with Gasteiger partial charge in [0, 0.05) is 18.0 Å². The average molecular weight is 406 g/mol. The van der Waals surface area contributed by atoms with Gasteiger partial charge < -0.3 is 8.98 Å². The van der Waals surface area contributed by atoms with E-state index in [1.54, 1.807) is 23.9 Å². The number of benzene rings is 1. The van der Waals surface area contributed by atoms with Crippen LogP contribution in [0.3, 0.4) is 0 Å². The van der Waals surface area contributed by atoms with Crippen LogP contribution in [0.4, 0.5) is 0 Å². The lowest BCUT2D eigenvalue weighted by atomic mass is 10.1. The number of aryl methyl sites for hydroxylation is 1. The molecule has 0 fully saturated rings. The lowest BCUT2D eigenvalue weighted by Gasteiger charge is -2.06. The van der Waals surface area contributed by atoms with Gasteiger partial charge in [0.1, 0.15) is 16.2 Å². The minimum atomic E-state index is 0.682. The number of fused-ring (bicyclic) bond motifs is 1. The van der Waals surface area contributed by atoms with Gasteiger partial charge >= 0.3 is 0 Å². The van der Waals surface area contributed by atoms with Gasteiger partial charge in [0.15, 0.2) is 16.7 Å². The third-order valence-electron chi connectivity index (χ3n) is 4.46. The van der Waals surface area contributed by atoms with Crippen LogP contribution in [-0.2, 0) is 7.05 Å². The Bertz CT molecular complexity index is 1260. The van der Waals surface area contributed by atoms with Crippen LogP contribution in [0.15, 0.2) is 69.0 Å². The Balaban J connectivity index is 1.59. The van der Waals surface area contributed by atoms with Crippen molar-refractivity contribution in [1.82, 2.24) is 24.7 Å². The minimum Gasteiger partial charge on any atom is -0.461 e. The van der Waals surface area contributed by atoms with Crippen LogP contribution >= 0.6 is 23.1 Å². The molecule has 28 heavy (non-hydrogen) atoms. The Morgan fingerprint density at radius 1 is 1.07 bits per heavy atom. The van der Waals surface area contributed by atoms with E-state index in [1.165, 1.54) is 17.3 Å². The van der Waals surface area contributed by atoms with Gasteiger partial charge in [-0.3, -0.25) is 0 Å². The fourth-order valence-corrected chi connectivity index (χ4v) is 4.85. The molecule has 6 nitrogen and oxygen atoms in total. The van der Waals surface area contributed by atoms with E-state index in [1.807, 2.05) is 23.7 Å². The van der Waals surface area contributed by atoms with E-state index < -0.39 is 0 Å². The first kappa shape index (κ1) is 17.2. The molecule has 0 amide bonds. The van der Waals surface area contributed by atoms with Gasteiger partial charge in [-0.2, -0.15) is 0 Å². The third kappa shape index (κ3) is 2.90. The van der Waals surface area contributed by atoms with E-state index >= 15 is 0 Å². The lowest BCUT2D eigenvalue weighted by molar-refractivity contribution is 0.572. The van der Waals surface area contributed by atoms with E-state index in [9.17, 15) is 0 Å². The van der Waals surface area contributed by atoms with E-state index in [2.05, 4.69) is 56.7 Å². The first-order chi connectivity index (χ1) is 13.7. The molecule has 0 bridgehead atoms. The van der Waals surface area contributed by atoms with Crippen LogP contribution in [0.2, 0.25) is 0 Å². The number of furan rings is 1. The summed E-state index contributed by atoms with van der Waals surface area (Å²) in [5.41, 5.74) is 3.53. The number of aromatic nitrogens is 5. The highest BCUT2D eigenvalue weighted by Gasteiger charge is 2.18. The van der Waals surface area contributed by atoms with Crippen molar-refractivity contribution in [2.75, 3.05) is 0 Å². The van der Waals surface area contributed by atoms with Crippen molar-refractivity contribution in [2.45, 2.75) is 17.1 Å². The Hall–Kier alpha value is -2.97. The lowest BCUT2D eigenvalue weighted by Crippen LogP contribution is -1.95. The smallest absolute Gasteiger partial charge is 0.200 e. The summed E-state index contributed by atoms with van der Waals surface area (Å²) < 4.78 is 7.36. The van der Waals surface area contributed by atoms with Crippen molar-refractivity contribution in [1.29, 1.82) is 0 Å². The molecule has 5 rings (SSSR count). The molecule has 0 aliphatic heterocycles. The monoisotopic (exact) mass is 405 g/mol. The highest BCUT2D eigenvalue weighted by Crippen LogP contribution is 2.40. The molecule has 0 aliphatic rings. The summed E-state index contributed by atoms with van der Waals surface area (Å²) >= 11 is 3.10. The minimum absolute atomic E-state index is 0.682. The molecule has 0 saturated heterocycles. The van der Waals surface area contributed by atoms with E-state index in [0.29, 0.717) is 11.6 Å². The Morgan fingerprint density at radius 2 is 1.93 bits per heavy atom. The number of nitrogens with zero attached hydrogens (tertiary/aromatic N) is 5. The van der Waals surface area contributed by atoms with Gasteiger partial charge in [-0.15, -0.1) is 21.5 Å².